The van der Waals surface area contributed by atoms with Crippen LogP contribution in [0.2, 0.25) is 0 Å². The summed E-state index contributed by atoms with van der Waals surface area (Å²) in [6.07, 6.45) is 1.87. The fourth-order valence-electron chi connectivity index (χ4n) is 5.74. The first-order valence-corrected chi connectivity index (χ1v) is 15.6. The van der Waals surface area contributed by atoms with Crippen LogP contribution in [0.1, 0.15) is 67.4 Å². The lowest BCUT2D eigenvalue weighted by Crippen LogP contribution is -2.40. The summed E-state index contributed by atoms with van der Waals surface area (Å²) in [5, 5.41) is 0. The lowest BCUT2D eigenvalue weighted by molar-refractivity contribution is -0.139. The first kappa shape index (κ1) is 31.1. The van der Waals surface area contributed by atoms with E-state index >= 15 is 0 Å². The first-order valence-electron chi connectivity index (χ1n) is 14.8. The molecule has 0 N–H and O–H groups in total. The monoisotopic (exact) mass is 613 g/mol. The summed E-state index contributed by atoms with van der Waals surface area (Å²) in [6.45, 7) is 16.0. The second-order valence-corrected chi connectivity index (χ2v) is 12.3. The molecule has 2 aromatic carbocycles. The van der Waals surface area contributed by atoms with Crippen LogP contribution in [0.3, 0.4) is 0 Å². The van der Waals surface area contributed by atoms with Gasteiger partial charge in [-0.05, 0) is 108 Å². The maximum absolute atomic E-state index is 14.2. The number of ether oxygens (including phenoxy) is 3. The number of esters is 1. The summed E-state index contributed by atoms with van der Waals surface area (Å²) in [7, 11) is 1.57. The van der Waals surface area contributed by atoms with Gasteiger partial charge >= 0.3 is 5.97 Å². The normalized spacial score (nSPS) is 15.0. The van der Waals surface area contributed by atoms with Crippen molar-refractivity contribution in [1.29, 1.82) is 0 Å². The van der Waals surface area contributed by atoms with Gasteiger partial charge in [0.05, 0.1) is 41.7 Å². The summed E-state index contributed by atoms with van der Waals surface area (Å²) in [5.74, 6) is 0.581. The molecule has 0 fully saturated rings. The van der Waals surface area contributed by atoms with Crippen molar-refractivity contribution in [2.45, 2.75) is 67.5 Å². The van der Waals surface area contributed by atoms with Crippen LogP contribution in [0.5, 0.6) is 11.5 Å². The fraction of sp³-hybridized carbons (Fsp3) is 0.343. The Morgan fingerprint density at radius 2 is 1.82 bits per heavy atom. The van der Waals surface area contributed by atoms with Gasteiger partial charge in [0.15, 0.2) is 16.3 Å². The van der Waals surface area contributed by atoms with Gasteiger partial charge in [0.25, 0.3) is 5.56 Å². The third-order valence-corrected chi connectivity index (χ3v) is 8.94. The molecule has 0 unspecified atom stereocenters. The topological polar surface area (TPSA) is 84.1 Å². The van der Waals surface area contributed by atoms with E-state index in [1.807, 2.05) is 38.1 Å². The number of aromatic nitrogens is 2. The van der Waals surface area contributed by atoms with Gasteiger partial charge in [-0.2, -0.15) is 0 Å². The molecule has 5 rings (SSSR count). The maximum Gasteiger partial charge on any atom is 0.338 e. The van der Waals surface area contributed by atoms with Crippen molar-refractivity contribution in [3.05, 3.63) is 107 Å². The Bertz CT molecular complexity index is 1980. The van der Waals surface area contributed by atoms with E-state index in [4.69, 9.17) is 19.2 Å². The number of carbonyl (C=O) groups excluding carboxylic acids is 1. The molecule has 9 heteroatoms. The molecule has 4 aromatic rings. The summed E-state index contributed by atoms with van der Waals surface area (Å²) < 4.78 is 21.4. The highest BCUT2D eigenvalue weighted by Crippen LogP contribution is 2.36. The van der Waals surface area contributed by atoms with Crippen molar-refractivity contribution >= 4 is 23.4 Å². The number of carbonyl (C=O) groups is 1. The van der Waals surface area contributed by atoms with Crippen molar-refractivity contribution in [3.8, 4) is 17.2 Å². The Labute approximate surface area is 261 Å². The number of benzene rings is 2. The summed E-state index contributed by atoms with van der Waals surface area (Å²) >= 11 is 1.31. The molecule has 44 heavy (non-hydrogen) atoms. The quantitative estimate of drug-likeness (QED) is 0.241. The van der Waals surface area contributed by atoms with Crippen molar-refractivity contribution in [1.82, 2.24) is 9.13 Å². The number of aryl methyl sites for hydroxylation is 2. The molecule has 0 radical (unpaired) electrons. The standard InChI is InChI=1S/C35H39N3O5S/c1-10-42-34(40)31-23(7)36-35-38(32(31)25-14-15-28(43-19(2)3)29(17-25)41-9)33(39)30(44-35)18-26-16-21(5)37(24(26)8)27-13-11-12-20(4)22(27)6/h11-19,32H,10H2,1-9H3/b30-18-/t32-/m1/s1. The van der Waals surface area contributed by atoms with Crippen LogP contribution in [0, 0.1) is 27.7 Å². The zero-order chi connectivity index (χ0) is 31.9. The van der Waals surface area contributed by atoms with Gasteiger partial charge in [0.1, 0.15) is 0 Å². The Balaban J connectivity index is 1.70. The van der Waals surface area contributed by atoms with Crippen molar-refractivity contribution in [2.75, 3.05) is 13.7 Å². The van der Waals surface area contributed by atoms with E-state index in [0.717, 1.165) is 22.6 Å². The molecule has 1 aliphatic rings. The highest BCUT2D eigenvalue weighted by atomic mass is 32.1. The maximum atomic E-state index is 14.2. The van der Waals surface area contributed by atoms with Crippen LogP contribution < -0.4 is 24.4 Å². The number of rotatable bonds is 8. The molecule has 0 amide bonds. The van der Waals surface area contributed by atoms with Gasteiger partial charge in [0, 0.05) is 17.1 Å². The Morgan fingerprint density at radius 3 is 2.50 bits per heavy atom. The summed E-state index contributed by atoms with van der Waals surface area (Å²) in [4.78, 5) is 32.8. The van der Waals surface area contributed by atoms with Gasteiger partial charge in [0.2, 0.25) is 0 Å². The van der Waals surface area contributed by atoms with E-state index in [1.165, 1.54) is 22.5 Å². The minimum Gasteiger partial charge on any atom is -0.493 e. The van der Waals surface area contributed by atoms with Gasteiger partial charge < -0.3 is 18.8 Å². The van der Waals surface area contributed by atoms with Crippen molar-refractivity contribution in [3.63, 3.8) is 0 Å². The van der Waals surface area contributed by atoms with Crippen LogP contribution in [-0.2, 0) is 9.53 Å². The summed E-state index contributed by atoms with van der Waals surface area (Å²) in [5.41, 5.74) is 7.90. The second-order valence-electron chi connectivity index (χ2n) is 11.3. The van der Waals surface area contributed by atoms with Crippen LogP contribution >= 0.6 is 11.3 Å². The van der Waals surface area contributed by atoms with E-state index < -0.39 is 12.0 Å². The van der Waals surface area contributed by atoms with Gasteiger partial charge in [-0.15, -0.1) is 0 Å². The zero-order valence-corrected chi connectivity index (χ0v) is 27.6. The van der Waals surface area contributed by atoms with Crippen molar-refractivity contribution < 1.29 is 19.0 Å². The molecule has 0 saturated heterocycles. The first-order chi connectivity index (χ1) is 21.0. The average molecular weight is 614 g/mol. The molecule has 3 heterocycles. The number of hydrogen-bond donors (Lipinski definition) is 0. The van der Waals surface area contributed by atoms with Crippen molar-refractivity contribution in [2.24, 2.45) is 4.99 Å². The van der Waals surface area contributed by atoms with E-state index in [-0.39, 0.29) is 18.3 Å². The molecule has 8 nitrogen and oxygen atoms in total. The number of methoxy groups -OCH3 is 1. The molecule has 0 spiro atoms. The largest absolute Gasteiger partial charge is 0.493 e. The number of hydrogen-bond acceptors (Lipinski definition) is 7. The molecular weight excluding hydrogens is 574 g/mol. The number of nitrogens with zero attached hydrogens (tertiary/aromatic N) is 3. The average Bonchev–Trinajstić information content (AvgIpc) is 3.43. The Kier molecular flexibility index (Phi) is 8.70. The van der Waals surface area contributed by atoms with Crippen LogP contribution in [0.4, 0.5) is 0 Å². The SMILES string of the molecule is CCOC(=O)C1=C(C)N=c2s/c(=C\c3cc(C)n(-c4cccc(C)c4C)c3C)c(=O)n2[C@@H]1c1ccc(OC(C)C)c(OC)c1. The molecule has 0 aliphatic carbocycles. The fourth-order valence-corrected chi connectivity index (χ4v) is 6.77. The minimum atomic E-state index is -0.753. The second kappa shape index (κ2) is 12.3. The number of allylic oxidation sites excluding steroid dienone is 1. The molecule has 2 aromatic heterocycles. The number of thiazole rings is 1. The predicted octanol–water partition coefficient (Wildman–Crippen LogP) is 5.62. The van der Waals surface area contributed by atoms with Crippen LogP contribution in [0.15, 0.2) is 63.5 Å². The highest BCUT2D eigenvalue weighted by molar-refractivity contribution is 7.07. The molecular formula is C35H39N3O5S. The van der Waals surface area contributed by atoms with Gasteiger partial charge in [-0.3, -0.25) is 9.36 Å². The van der Waals surface area contributed by atoms with E-state index in [1.54, 1.807) is 25.5 Å². The van der Waals surface area contributed by atoms with Crippen LogP contribution in [-0.4, -0.2) is 34.9 Å². The van der Waals surface area contributed by atoms with E-state index in [2.05, 4.69) is 56.5 Å². The van der Waals surface area contributed by atoms with Gasteiger partial charge in [-0.1, -0.05) is 29.5 Å². The molecule has 230 valence electrons. The third kappa shape index (κ3) is 5.52. The molecule has 1 aliphatic heterocycles. The number of fused-ring (bicyclic) bond motifs is 1. The van der Waals surface area contributed by atoms with Gasteiger partial charge in [-0.25, -0.2) is 9.79 Å². The highest BCUT2D eigenvalue weighted by Gasteiger charge is 2.34. The third-order valence-electron chi connectivity index (χ3n) is 7.96. The minimum absolute atomic E-state index is 0.0542. The summed E-state index contributed by atoms with van der Waals surface area (Å²) in [6, 6.07) is 13.1. The Morgan fingerprint density at radius 1 is 1.07 bits per heavy atom. The predicted molar refractivity (Wildman–Crippen MR) is 174 cm³/mol. The van der Waals surface area contributed by atoms with E-state index in [9.17, 15) is 9.59 Å². The molecule has 1 atom stereocenters. The lowest BCUT2D eigenvalue weighted by atomic mass is 9.95. The Hall–Kier alpha value is -4.37. The van der Waals surface area contributed by atoms with E-state index in [0.29, 0.717) is 37.7 Å². The molecule has 0 saturated carbocycles. The lowest BCUT2D eigenvalue weighted by Gasteiger charge is -2.25. The molecule has 0 bridgehead atoms. The zero-order valence-electron chi connectivity index (χ0n) is 26.8. The van der Waals surface area contributed by atoms with Crippen LogP contribution in [0.25, 0.3) is 11.8 Å². The smallest absolute Gasteiger partial charge is 0.338 e.